The molecule has 3 amide bonds. The maximum absolute atomic E-state index is 15.2. The van der Waals surface area contributed by atoms with Crippen LogP contribution in [-0.2, 0) is 19.7 Å². The highest BCUT2D eigenvalue weighted by Gasteiger charge is 2.71. The van der Waals surface area contributed by atoms with Gasteiger partial charge in [0.2, 0.25) is 5.91 Å². The summed E-state index contributed by atoms with van der Waals surface area (Å²) in [6.45, 7) is 8.42. The highest BCUT2D eigenvalue weighted by atomic mass is 19.1. The van der Waals surface area contributed by atoms with Gasteiger partial charge in [0.15, 0.2) is 0 Å². The molecule has 3 heterocycles. The van der Waals surface area contributed by atoms with Crippen molar-refractivity contribution in [1.82, 2.24) is 15.2 Å². The van der Waals surface area contributed by atoms with Crippen LogP contribution in [0.15, 0.2) is 36.5 Å². The van der Waals surface area contributed by atoms with Gasteiger partial charge < -0.3 is 19.7 Å². The van der Waals surface area contributed by atoms with Gasteiger partial charge in [0.1, 0.15) is 22.9 Å². The molecule has 10 nitrogen and oxygen atoms in total. The number of benzene rings is 1. The Balaban J connectivity index is 1.25. The number of pyridine rings is 1. The van der Waals surface area contributed by atoms with Crippen molar-refractivity contribution in [2.45, 2.75) is 51.2 Å². The van der Waals surface area contributed by atoms with Crippen LogP contribution in [0.4, 0.5) is 19.7 Å². The lowest BCUT2D eigenvalue weighted by Gasteiger charge is -2.27. The van der Waals surface area contributed by atoms with Crippen LogP contribution in [0.2, 0.25) is 0 Å². The summed E-state index contributed by atoms with van der Waals surface area (Å²) in [6.07, 6.45) is 0.375. The van der Waals surface area contributed by atoms with Crippen LogP contribution in [0, 0.1) is 29.0 Å². The monoisotopic (exact) mass is 549 g/mol. The van der Waals surface area contributed by atoms with Crippen molar-refractivity contribution in [2.75, 3.05) is 31.1 Å². The van der Waals surface area contributed by atoms with Gasteiger partial charge in [-0.2, -0.15) is 5.26 Å². The average molecular weight is 550 g/mol. The second kappa shape index (κ2) is 10.1. The molecule has 2 aliphatic heterocycles. The molecule has 3 aliphatic rings. The molecule has 1 aromatic heterocycles. The molecule has 2 saturated heterocycles. The Kier molecular flexibility index (Phi) is 6.90. The van der Waals surface area contributed by atoms with E-state index in [1.54, 1.807) is 42.3 Å². The zero-order chi connectivity index (χ0) is 28.8. The fourth-order valence-corrected chi connectivity index (χ4v) is 5.60. The van der Waals surface area contributed by atoms with Crippen molar-refractivity contribution in [3.05, 3.63) is 48.0 Å². The topological polar surface area (TPSA) is 125 Å². The third-order valence-corrected chi connectivity index (χ3v) is 7.70. The first-order valence-corrected chi connectivity index (χ1v) is 13.4. The zero-order valence-corrected chi connectivity index (χ0v) is 22.9. The molecule has 1 unspecified atom stereocenters. The Morgan fingerprint density at radius 3 is 2.52 bits per heavy atom. The third-order valence-electron chi connectivity index (χ3n) is 7.70. The van der Waals surface area contributed by atoms with E-state index in [9.17, 15) is 19.6 Å². The zero-order valence-electron chi connectivity index (χ0n) is 22.9. The van der Waals surface area contributed by atoms with Crippen molar-refractivity contribution >= 4 is 23.8 Å². The molecule has 210 valence electrons. The highest BCUT2D eigenvalue weighted by molar-refractivity contribution is 5.90. The van der Waals surface area contributed by atoms with Gasteiger partial charge in [-0.3, -0.25) is 14.7 Å². The summed E-state index contributed by atoms with van der Waals surface area (Å²) >= 11 is 0. The molecule has 4 atom stereocenters. The number of nitrogens with zero attached hydrogens (tertiary/aromatic N) is 4. The summed E-state index contributed by atoms with van der Waals surface area (Å²) in [6, 6.07) is 10.4. The molecule has 3 fully saturated rings. The van der Waals surface area contributed by atoms with Crippen LogP contribution in [0.5, 0.6) is 0 Å². The Bertz CT molecular complexity index is 1370. The van der Waals surface area contributed by atoms with E-state index in [0.29, 0.717) is 42.0 Å². The minimum Gasteiger partial charge on any atom is -0.444 e. The summed E-state index contributed by atoms with van der Waals surface area (Å²) < 4.78 is 25.9. The lowest BCUT2D eigenvalue weighted by atomic mass is 9.95. The molecule has 5 rings (SSSR count). The van der Waals surface area contributed by atoms with Crippen LogP contribution in [0.25, 0.3) is 11.1 Å². The second-order valence-corrected chi connectivity index (χ2v) is 11.4. The number of halogens is 1. The first kappa shape index (κ1) is 27.4. The van der Waals surface area contributed by atoms with Crippen molar-refractivity contribution in [1.29, 1.82) is 5.26 Å². The minimum atomic E-state index is -0.775. The Morgan fingerprint density at radius 2 is 1.95 bits per heavy atom. The van der Waals surface area contributed by atoms with Crippen LogP contribution < -0.4 is 10.2 Å². The van der Waals surface area contributed by atoms with Gasteiger partial charge in [0, 0.05) is 48.7 Å². The number of hydrogen-bond donors (Lipinski definition) is 1. The minimum absolute atomic E-state index is 0.0290. The van der Waals surface area contributed by atoms with Gasteiger partial charge in [-0.1, -0.05) is 13.0 Å². The summed E-state index contributed by atoms with van der Waals surface area (Å²) in [5.74, 6) is -0.732. The van der Waals surface area contributed by atoms with Crippen LogP contribution in [0.3, 0.4) is 0 Å². The third kappa shape index (κ3) is 4.94. The standard InChI is InChI=1S/C29H32FN5O5/c1-5-25(36)33-12-19-13-35(27(38)39-19)18-7-8-20(23(30)10-18)17-6-9-24(32-11-17)29(16-31)21-14-34(15-22(21)29)26(37)40-28(2,3)4/h6-11,19,21-22H,5,12-15H2,1-4H3,(H,33,36)/t19-,21-,22+,29?/m0/s1. The average Bonchev–Trinajstić information content (AvgIpc) is 3.19. The van der Waals surface area contributed by atoms with E-state index >= 15 is 4.39 Å². The highest BCUT2D eigenvalue weighted by Crippen LogP contribution is 2.62. The predicted molar refractivity (Wildman–Crippen MR) is 143 cm³/mol. The van der Waals surface area contributed by atoms with Gasteiger partial charge in [-0.15, -0.1) is 0 Å². The second-order valence-electron chi connectivity index (χ2n) is 11.4. The fourth-order valence-electron chi connectivity index (χ4n) is 5.60. The lowest BCUT2D eigenvalue weighted by Crippen LogP contribution is -2.39. The maximum atomic E-state index is 15.2. The fraction of sp³-hybridized carbons (Fsp3) is 0.483. The first-order valence-electron chi connectivity index (χ1n) is 13.4. The number of aromatic nitrogens is 1. The summed E-state index contributed by atoms with van der Waals surface area (Å²) in [5, 5.41) is 12.8. The largest absolute Gasteiger partial charge is 0.444 e. The molecule has 1 aliphatic carbocycles. The van der Waals surface area contributed by atoms with E-state index < -0.39 is 29.0 Å². The molecular formula is C29H32FN5O5. The molecule has 1 aromatic carbocycles. The number of cyclic esters (lactones) is 1. The van der Waals surface area contributed by atoms with Gasteiger partial charge in [0.25, 0.3) is 0 Å². The van der Waals surface area contributed by atoms with Crippen molar-refractivity contribution in [3.8, 4) is 17.2 Å². The quantitative estimate of drug-likeness (QED) is 0.578. The van der Waals surface area contributed by atoms with Crippen molar-refractivity contribution in [3.63, 3.8) is 0 Å². The molecule has 40 heavy (non-hydrogen) atoms. The van der Waals surface area contributed by atoms with Crippen LogP contribution >= 0.6 is 0 Å². The van der Waals surface area contributed by atoms with E-state index in [1.807, 2.05) is 20.8 Å². The number of likely N-dealkylation sites (tertiary alicyclic amines) is 1. The Hall–Kier alpha value is -4.20. The number of anilines is 1. The van der Waals surface area contributed by atoms with Gasteiger partial charge in [-0.05, 0) is 45.0 Å². The molecule has 0 spiro atoms. The first-order chi connectivity index (χ1) is 19.0. The van der Waals surface area contributed by atoms with E-state index in [4.69, 9.17) is 9.47 Å². The molecule has 0 bridgehead atoms. The summed E-state index contributed by atoms with van der Waals surface area (Å²) in [5.41, 5.74) is 0.433. The normalized spacial score (nSPS) is 25.2. The number of carbonyl (C=O) groups is 3. The number of ether oxygens (including phenoxy) is 2. The van der Waals surface area contributed by atoms with Crippen molar-refractivity contribution < 1.29 is 28.2 Å². The number of fused-ring (bicyclic) bond motifs is 1. The number of nitrogens with one attached hydrogen (secondary N) is 1. The van der Waals surface area contributed by atoms with E-state index in [-0.39, 0.29) is 36.9 Å². The Labute approximate surface area is 232 Å². The molecule has 0 radical (unpaired) electrons. The molecule has 2 aromatic rings. The maximum Gasteiger partial charge on any atom is 0.414 e. The van der Waals surface area contributed by atoms with Gasteiger partial charge in [-0.25, -0.2) is 14.0 Å². The number of piperidine rings is 1. The van der Waals surface area contributed by atoms with Crippen LogP contribution in [-0.4, -0.2) is 65.9 Å². The summed E-state index contributed by atoms with van der Waals surface area (Å²) in [7, 11) is 0. The molecular weight excluding hydrogens is 517 g/mol. The van der Waals surface area contributed by atoms with Crippen molar-refractivity contribution in [2.24, 2.45) is 11.8 Å². The predicted octanol–water partition coefficient (Wildman–Crippen LogP) is 4.00. The van der Waals surface area contributed by atoms with Gasteiger partial charge in [0.05, 0.1) is 30.5 Å². The smallest absolute Gasteiger partial charge is 0.414 e. The van der Waals surface area contributed by atoms with Gasteiger partial charge >= 0.3 is 12.2 Å². The Morgan fingerprint density at radius 1 is 1.23 bits per heavy atom. The van der Waals surface area contributed by atoms with E-state index in [1.165, 1.54) is 11.0 Å². The lowest BCUT2D eigenvalue weighted by molar-refractivity contribution is -0.121. The molecule has 1 saturated carbocycles. The number of nitriles is 1. The number of rotatable bonds is 6. The number of carbonyl (C=O) groups excluding carboxylic acids is 3. The summed E-state index contributed by atoms with van der Waals surface area (Å²) in [4.78, 5) is 43.8. The van der Waals surface area contributed by atoms with E-state index in [0.717, 1.165) is 0 Å². The number of amides is 3. The van der Waals surface area contributed by atoms with Crippen LogP contribution in [0.1, 0.15) is 39.8 Å². The molecule has 1 N–H and O–H groups in total. The molecule has 11 heteroatoms. The van der Waals surface area contributed by atoms with E-state index in [2.05, 4.69) is 16.4 Å². The number of hydrogen-bond acceptors (Lipinski definition) is 7. The SMILES string of the molecule is CCC(=O)NC[C@H]1CN(c2ccc(-c3ccc(C4(C#N)[C@@H]5CN(C(=O)OC(C)(C)C)C[C@@H]54)nc3)c(F)c2)C(=O)O1.